The van der Waals surface area contributed by atoms with Crippen molar-refractivity contribution in [1.29, 1.82) is 0 Å². The number of hydrogen-bond donors (Lipinski definition) is 5. The smallest absolute Gasteiger partial charge is 0.481 e. The molecule has 0 radical (unpaired) electrons. The number of phosphoric ester groups is 1. The first-order chi connectivity index (χ1) is 12.7. The van der Waals surface area contributed by atoms with Crippen molar-refractivity contribution in [2.24, 2.45) is 5.92 Å². The highest BCUT2D eigenvalue weighted by atomic mass is 31.2. The maximum absolute atomic E-state index is 12.1. The van der Waals surface area contributed by atoms with E-state index < -0.39 is 37.4 Å². The molecule has 1 amide bonds. The quantitative estimate of drug-likeness (QED) is 0.314. The molecule has 2 atom stereocenters. The number of alkyl carbamates (subject to hydrolysis) is 1. The Hall–Kier alpha value is -2.29. The van der Waals surface area contributed by atoms with Crippen molar-refractivity contribution in [3.05, 3.63) is 23.8 Å². The zero-order valence-electron chi connectivity index (χ0n) is 16.2. The predicted molar refractivity (Wildman–Crippen MR) is 102 cm³/mol. The molecule has 0 spiro atoms. The molecule has 1 aromatic rings. The maximum atomic E-state index is 12.1. The molecule has 0 bridgehead atoms. The van der Waals surface area contributed by atoms with Crippen LogP contribution in [0.25, 0.3) is 0 Å². The van der Waals surface area contributed by atoms with E-state index in [-0.39, 0.29) is 24.3 Å². The molecule has 0 aromatic heterocycles. The Morgan fingerprint density at radius 3 is 2.36 bits per heavy atom. The summed E-state index contributed by atoms with van der Waals surface area (Å²) < 4.78 is 20.6. The Morgan fingerprint density at radius 2 is 1.89 bits per heavy atom. The maximum Gasteiger partial charge on any atom is 0.524 e. The van der Waals surface area contributed by atoms with Crippen molar-refractivity contribution in [1.82, 2.24) is 5.32 Å². The summed E-state index contributed by atoms with van der Waals surface area (Å²) in [6, 6.07) is 3.71. The molecule has 0 aliphatic heterocycles. The number of ether oxygens (including phenoxy) is 1. The molecule has 0 saturated heterocycles. The van der Waals surface area contributed by atoms with Crippen LogP contribution >= 0.6 is 7.82 Å². The summed E-state index contributed by atoms with van der Waals surface area (Å²) in [5.41, 5.74) is 5.68. The summed E-state index contributed by atoms with van der Waals surface area (Å²) in [6.45, 7) is 6.66. The second kappa shape index (κ2) is 9.27. The third kappa shape index (κ3) is 9.07. The molecule has 0 aliphatic rings. The number of rotatable bonds is 8. The average Bonchev–Trinajstić information content (AvgIpc) is 2.46. The fraction of sp³-hybridized carbons (Fsp3) is 0.529. The van der Waals surface area contributed by atoms with Crippen molar-refractivity contribution < 1.29 is 38.3 Å². The number of nitrogens with one attached hydrogen (secondary N) is 1. The third-order valence-corrected chi connectivity index (χ3v) is 3.99. The highest BCUT2D eigenvalue weighted by Gasteiger charge is 2.24. The monoisotopic (exact) mass is 418 g/mol. The van der Waals surface area contributed by atoms with E-state index in [2.05, 4.69) is 9.84 Å². The molecule has 2 unspecified atom stereocenters. The molecule has 0 saturated carbocycles. The van der Waals surface area contributed by atoms with Gasteiger partial charge in [-0.1, -0.05) is 13.0 Å². The van der Waals surface area contributed by atoms with Gasteiger partial charge in [-0.05, 0) is 51.3 Å². The van der Waals surface area contributed by atoms with Gasteiger partial charge in [0.15, 0.2) is 5.75 Å². The van der Waals surface area contributed by atoms with Gasteiger partial charge in [0.05, 0.1) is 11.6 Å². The van der Waals surface area contributed by atoms with E-state index in [0.29, 0.717) is 5.56 Å². The van der Waals surface area contributed by atoms with Crippen LogP contribution in [-0.4, -0.2) is 38.6 Å². The molecule has 0 heterocycles. The minimum Gasteiger partial charge on any atom is -0.481 e. The summed E-state index contributed by atoms with van der Waals surface area (Å²) in [5, 5.41) is 11.8. The van der Waals surface area contributed by atoms with Crippen LogP contribution < -0.4 is 15.6 Å². The van der Waals surface area contributed by atoms with Crippen LogP contribution in [0, 0.1) is 5.92 Å². The number of benzene rings is 1. The Bertz CT molecular complexity index is 756. The van der Waals surface area contributed by atoms with Gasteiger partial charge < -0.3 is 25.4 Å². The number of nitrogens with two attached hydrogens (primary N) is 1. The number of phosphoric acid groups is 1. The second-order valence-corrected chi connectivity index (χ2v) is 8.64. The Kier molecular flexibility index (Phi) is 7.86. The Balaban J connectivity index is 2.95. The van der Waals surface area contributed by atoms with Gasteiger partial charge in [-0.15, -0.1) is 0 Å². The first-order valence-electron chi connectivity index (χ1n) is 8.52. The summed E-state index contributed by atoms with van der Waals surface area (Å²) in [5.74, 6) is -1.89. The van der Waals surface area contributed by atoms with E-state index in [0.717, 1.165) is 0 Å². The van der Waals surface area contributed by atoms with Crippen LogP contribution in [0.5, 0.6) is 5.75 Å². The molecule has 0 aliphatic carbocycles. The normalized spacial score (nSPS) is 14.1. The minimum absolute atomic E-state index is 0.00289. The molecule has 158 valence electrons. The fourth-order valence-electron chi connectivity index (χ4n) is 2.42. The largest absolute Gasteiger partial charge is 0.524 e. The van der Waals surface area contributed by atoms with Gasteiger partial charge in [0.2, 0.25) is 0 Å². The molecule has 6 N–H and O–H groups in total. The molecular weight excluding hydrogens is 391 g/mol. The third-order valence-electron chi connectivity index (χ3n) is 3.55. The first-order valence-corrected chi connectivity index (χ1v) is 10.0. The number of anilines is 1. The fourth-order valence-corrected chi connectivity index (χ4v) is 2.84. The molecule has 0 fully saturated rings. The number of carbonyl (C=O) groups is 2. The molecular formula is C17H27N2O8P. The number of amides is 1. The number of nitrogen functional groups attached to an aromatic ring is 1. The van der Waals surface area contributed by atoms with Gasteiger partial charge in [0.1, 0.15) is 5.60 Å². The lowest BCUT2D eigenvalue weighted by Gasteiger charge is -2.25. The van der Waals surface area contributed by atoms with Gasteiger partial charge in [-0.25, -0.2) is 9.36 Å². The predicted octanol–water partition coefficient (Wildman–Crippen LogP) is 2.29. The Labute approximate surface area is 163 Å². The summed E-state index contributed by atoms with van der Waals surface area (Å²) in [6.07, 6.45) is -0.295. The van der Waals surface area contributed by atoms with Crippen molar-refractivity contribution >= 4 is 25.6 Å². The van der Waals surface area contributed by atoms with Gasteiger partial charge >= 0.3 is 19.9 Å². The number of hydrogen-bond acceptors (Lipinski definition) is 6. The summed E-state index contributed by atoms with van der Waals surface area (Å²) in [7, 11) is -4.74. The highest BCUT2D eigenvalue weighted by Crippen LogP contribution is 2.40. The van der Waals surface area contributed by atoms with Crippen molar-refractivity contribution in [3.63, 3.8) is 0 Å². The number of aliphatic carboxylic acids is 1. The topological polar surface area (TPSA) is 168 Å². The molecule has 1 rings (SSSR count). The van der Waals surface area contributed by atoms with E-state index >= 15 is 0 Å². The summed E-state index contributed by atoms with van der Waals surface area (Å²) >= 11 is 0. The minimum atomic E-state index is -4.74. The van der Waals surface area contributed by atoms with E-state index in [4.69, 9.17) is 25.4 Å². The number of carboxylic acid groups (broad SMARTS) is 1. The first kappa shape index (κ1) is 23.7. The van der Waals surface area contributed by atoms with Crippen LogP contribution in [0.3, 0.4) is 0 Å². The van der Waals surface area contributed by atoms with Crippen LogP contribution in [-0.2, 0) is 20.5 Å². The lowest BCUT2D eigenvalue weighted by Crippen LogP contribution is -2.41. The van der Waals surface area contributed by atoms with Crippen LogP contribution in [0.4, 0.5) is 10.5 Å². The summed E-state index contributed by atoms with van der Waals surface area (Å²) in [4.78, 5) is 41.0. The SMILES string of the molecule is CC(CC(Cc1ccc(OP(=O)(O)O)c(N)c1)NC(=O)OC(C)(C)C)C(=O)O. The van der Waals surface area contributed by atoms with Gasteiger partial charge in [-0.3, -0.25) is 14.6 Å². The molecule has 1 aromatic carbocycles. The van der Waals surface area contributed by atoms with Crippen molar-refractivity contribution in [3.8, 4) is 5.75 Å². The molecule has 11 heteroatoms. The second-order valence-electron chi connectivity index (χ2n) is 7.48. The molecule has 28 heavy (non-hydrogen) atoms. The standard InChI is InChI=1S/C17H27N2O8P/c1-10(15(20)21)7-12(19-16(22)26-17(2,3)4)8-11-5-6-14(13(18)9-11)27-28(23,24)25/h5-6,9-10,12H,7-8,18H2,1-4H3,(H,19,22)(H,20,21)(H2,23,24,25). The molecule has 10 nitrogen and oxygen atoms in total. The van der Waals surface area contributed by atoms with Gasteiger partial charge in [-0.2, -0.15) is 0 Å². The lowest BCUT2D eigenvalue weighted by molar-refractivity contribution is -0.141. The zero-order valence-corrected chi connectivity index (χ0v) is 17.1. The van der Waals surface area contributed by atoms with E-state index in [9.17, 15) is 14.2 Å². The van der Waals surface area contributed by atoms with E-state index in [1.54, 1.807) is 20.8 Å². The highest BCUT2D eigenvalue weighted by molar-refractivity contribution is 7.46. The van der Waals surface area contributed by atoms with Crippen LogP contribution in [0.15, 0.2) is 18.2 Å². The number of carboxylic acids is 1. The lowest BCUT2D eigenvalue weighted by atomic mass is 9.96. The van der Waals surface area contributed by atoms with Crippen LogP contribution in [0.1, 0.15) is 39.7 Å². The van der Waals surface area contributed by atoms with Gasteiger partial charge in [0.25, 0.3) is 0 Å². The van der Waals surface area contributed by atoms with E-state index in [1.807, 2.05) is 0 Å². The Morgan fingerprint density at radius 1 is 1.29 bits per heavy atom. The van der Waals surface area contributed by atoms with Crippen molar-refractivity contribution in [2.45, 2.75) is 52.2 Å². The van der Waals surface area contributed by atoms with Gasteiger partial charge in [0, 0.05) is 6.04 Å². The van der Waals surface area contributed by atoms with Crippen LogP contribution in [0.2, 0.25) is 0 Å². The van der Waals surface area contributed by atoms with E-state index in [1.165, 1.54) is 25.1 Å². The number of carbonyl (C=O) groups excluding carboxylic acids is 1. The average molecular weight is 418 g/mol. The van der Waals surface area contributed by atoms with Crippen molar-refractivity contribution in [2.75, 3.05) is 5.73 Å². The zero-order chi connectivity index (χ0) is 21.7.